The predicted molar refractivity (Wildman–Crippen MR) is 72.4 cm³/mol. The molecule has 0 saturated heterocycles. The molecule has 0 radical (unpaired) electrons. The molecule has 1 rings (SSSR count). The Kier molecular flexibility index (Phi) is 5.49. The molecule has 0 heterocycles. The van der Waals surface area contributed by atoms with Gasteiger partial charge in [-0.15, -0.1) is 0 Å². The Morgan fingerprint density at radius 2 is 2.11 bits per heavy atom. The van der Waals surface area contributed by atoms with Crippen LogP contribution in [0.2, 0.25) is 0 Å². The quantitative estimate of drug-likeness (QED) is 0.480. The van der Waals surface area contributed by atoms with Crippen molar-refractivity contribution in [1.29, 1.82) is 0 Å². The van der Waals surface area contributed by atoms with Crippen molar-refractivity contribution in [2.45, 2.75) is 19.9 Å². The van der Waals surface area contributed by atoms with E-state index in [1.807, 2.05) is 13.8 Å². The van der Waals surface area contributed by atoms with Gasteiger partial charge in [-0.3, -0.25) is 10.1 Å². The van der Waals surface area contributed by atoms with Crippen molar-refractivity contribution in [3.63, 3.8) is 0 Å². The molecule has 0 amide bonds. The topological polar surface area (TPSA) is 67.2 Å². The van der Waals surface area contributed by atoms with Crippen LogP contribution in [0.1, 0.15) is 13.8 Å². The molecule has 0 aliphatic heterocycles. The highest BCUT2D eigenvalue weighted by atomic mass is 79.9. The van der Waals surface area contributed by atoms with Crippen LogP contribution >= 0.6 is 15.9 Å². The Bertz CT molecular complexity index is 441. The lowest BCUT2D eigenvalue weighted by Crippen LogP contribution is -2.28. The molecule has 0 aliphatic carbocycles. The van der Waals surface area contributed by atoms with Crippen molar-refractivity contribution >= 4 is 27.3 Å². The number of hydrogen-bond acceptors (Lipinski definition) is 4. The molecular weight excluding hydrogens is 305 g/mol. The lowest BCUT2D eigenvalue weighted by Gasteiger charge is -2.10. The van der Waals surface area contributed by atoms with E-state index >= 15 is 0 Å². The highest BCUT2D eigenvalue weighted by molar-refractivity contribution is 9.10. The maximum absolute atomic E-state index is 13.2. The lowest BCUT2D eigenvalue weighted by atomic mass is 10.2. The zero-order chi connectivity index (χ0) is 13.7. The van der Waals surface area contributed by atoms with Crippen molar-refractivity contribution in [3.8, 4) is 0 Å². The molecule has 0 aromatic heterocycles. The molecule has 2 N–H and O–H groups in total. The minimum absolute atomic E-state index is 0.201. The van der Waals surface area contributed by atoms with E-state index in [-0.39, 0.29) is 10.2 Å². The summed E-state index contributed by atoms with van der Waals surface area (Å²) in [6, 6.07) is 2.63. The van der Waals surface area contributed by atoms with Crippen LogP contribution in [0.5, 0.6) is 0 Å². The summed E-state index contributed by atoms with van der Waals surface area (Å²) >= 11 is 3.01. The van der Waals surface area contributed by atoms with Crippen molar-refractivity contribution in [2.75, 3.05) is 18.4 Å². The zero-order valence-electron chi connectivity index (χ0n) is 10.2. The third kappa shape index (κ3) is 4.23. The van der Waals surface area contributed by atoms with Crippen molar-refractivity contribution in [1.82, 2.24) is 5.32 Å². The molecule has 0 spiro atoms. The second-order valence-corrected chi connectivity index (χ2v) is 4.93. The van der Waals surface area contributed by atoms with E-state index in [0.717, 1.165) is 6.07 Å². The van der Waals surface area contributed by atoms with Gasteiger partial charge < -0.3 is 10.6 Å². The molecule has 1 aromatic rings. The smallest absolute Gasteiger partial charge is 0.295 e. The molecule has 0 atom stereocenters. The van der Waals surface area contributed by atoms with Crippen molar-refractivity contribution < 1.29 is 9.31 Å². The Morgan fingerprint density at radius 1 is 1.44 bits per heavy atom. The van der Waals surface area contributed by atoms with Crippen molar-refractivity contribution in [2.24, 2.45) is 0 Å². The number of halogens is 2. The highest BCUT2D eigenvalue weighted by Crippen LogP contribution is 2.30. The van der Waals surface area contributed by atoms with E-state index in [0.29, 0.717) is 24.8 Å². The van der Waals surface area contributed by atoms with E-state index in [2.05, 4.69) is 26.6 Å². The maximum Gasteiger partial charge on any atom is 0.295 e. The number of nitro benzene ring substituents is 1. The average Bonchev–Trinajstić information content (AvgIpc) is 2.28. The fourth-order valence-corrected chi connectivity index (χ4v) is 1.73. The van der Waals surface area contributed by atoms with Crippen molar-refractivity contribution in [3.05, 3.63) is 32.5 Å². The molecule has 7 heteroatoms. The largest absolute Gasteiger partial charge is 0.378 e. The molecule has 0 unspecified atom stereocenters. The third-order valence-electron chi connectivity index (χ3n) is 2.23. The van der Waals surface area contributed by atoms with E-state index < -0.39 is 10.7 Å². The van der Waals surface area contributed by atoms with Gasteiger partial charge in [0.2, 0.25) is 0 Å². The first-order valence-corrected chi connectivity index (χ1v) is 6.31. The number of hydrogen-bond donors (Lipinski definition) is 2. The van der Waals surface area contributed by atoms with Crippen LogP contribution in [0, 0.1) is 15.9 Å². The third-order valence-corrected chi connectivity index (χ3v) is 2.84. The summed E-state index contributed by atoms with van der Waals surface area (Å²) in [7, 11) is 0. The second-order valence-electron chi connectivity index (χ2n) is 4.08. The Labute approximate surface area is 113 Å². The van der Waals surface area contributed by atoms with Gasteiger partial charge in [0.05, 0.1) is 15.5 Å². The monoisotopic (exact) mass is 319 g/mol. The normalized spacial score (nSPS) is 10.7. The van der Waals surface area contributed by atoms with Crippen LogP contribution in [-0.2, 0) is 0 Å². The molecule has 0 bridgehead atoms. The number of nitrogens with zero attached hydrogens (tertiary/aromatic N) is 1. The minimum atomic E-state index is -0.646. The molecular formula is C11H15BrFN3O2. The number of anilines is 1. The lowest BCUT2D eigenvalue weighted by molar-refractivity contribution is -0.384. The minimum Gasteiger partial charge on any atom is -0.378 e. The summed E-state index contributed by atoms with van der Waals surface area (Å²) in [6.45, 7) is 5.22. The summed E-state index contributed by atoms with van der Waals surface area (Å²) in [5, 5.41) is 16.9. The van der Waals surface area contributed by atoms with Gasteiger partial charge in [0.1, 0.15) is 11.5 Å². The Balaban J connectivity index is 2.74. The van der Waals surface area contributed by atoms with Gasteiger partial charge in [0, 0.05) is 19.1 Å². The standard InChI is InChI=1S/C11H15BrFN3O2/c1-7(2)14-3-4-15-10-5-8(12)9(13)6-11(10)16(17)18/h5-7,14-15H,3-4H2,1-2H3. The fraction of sp³-hybridized carbons (Fsp3) is 0.455. The Morgan fingerprint density at radius 3 is 2.67 bits per heavy atom. The molecule has 100 valence electrons. The first kappa shape index (κ1) is 14.8. The molecule has 1 aromatic carbocycles. The van der Waals surface area contributed by atoms with Crippen LogP contribution in [0.4, 0.5) is 15.8 Å². The Hall–Kier alpha value is -1.21. The number of benzene rings is 1. The van der Waals surface area contributed by atoms with E-state index in [1.54, 1.807) is 0 Å². The van der Waals surface area contributed by atoms with Gasteiger partial charge in [0.15, 0.2) is 0 Å². The van der Waals surface area contributed by atoms with Gasteiger partial charge >= 0.3 is 0 Å². The molecule has 0 fully saturated rings. The van der Waals surface area contributed by atoms with Gasteiger partial charge in [-0.1, -0.05) is 13.8 Å². The predicted octanol–water partition coefficient (Wildman–Crippen LogP) is 2.91. The van der Waals surface area contributed by atoms with Gasteiger partial charge in [0.25, 0.3) is 5.69 Å². The number of nitrogens with one attached hydrogen (secondary N) is 2. The summed E-state index contributed by atoms with van der Waals surface area (Å²) < 4.78 is 13.4. The molecule has 5 nitrogen and oxygen atoms in total. The first-order valence-electron chi connectivity index (χ1n) is 5.52. The number of rotatable bonds is 6. The average molecular weight is 320 g/mol. The van der Waals surface area contributed by atoms with E-state index in [4.69, 9.17) is 0 Å². The first-order chi connectivity index (χ1) is 8.41. The second kappa shape index (κ2) is 6.65. The van der Waals surface area contributed by atoms with Crippen LogP contribution in [0.25, 0.3) is 0 Å². The van der Waals surface area contributed by atoms with Crippen LogP contribution in [0.3, 0.4) is 0 Å². The maximum atomic E-state index is 13.2. The molecule has 18 heavy (non-hydrogen) atoms. The highest BCUT2D eigenvalue weighted by Gasteiger charge is 2.17. The van der Waals surface area contributed by atoms with Crippen LogP contribution in [-0.4, -0.2) is 24.1 Å². The summed E-state index contributed by atoms with van der Waals surface area (Å²) in [5.41, 5.74) is 0.0408. The summed E-state index contributed by atoms with van der Waals surface area (Å²) in [4.78, 5) is 10.2. The SMILES string of the molecule is CC(C)NCCNc1cc(Br)c(F)cc1[N+](=O)[O-]. The molecule has 0 aliphatic rings. The van der Waals surface area contributed by atoms with E-state index in [9.17, 15) is 14.5 Å². The number of nitro groups is 1. The molecule has 0 saturated carbocycles. The van der Waals surface area contributed by atoms with Gasteiger partial charge in [-0.05, 0) is 22.0 Å². The summed E-state index contributed by atoms with van der Waals surface area (Å²) in [5.74, 6) is -0.646. The zero-order valence-corrected chi connectivity index (χ0v) is 11.8. The fourth-order valence-electron chi connectivity index (χ4n) is 1.39. The van der Waals surface area contributed by atoms with Crippen LogP contribution < -0.4 is 10.6 Å². The van der Waals surface area contributed by atoms with Gasteiger partial charge in [-0.25, -0.2) is 4.39 Å². The van der Waals surface area contributed by atoms with Gasteiger partial charge in [-0.2, -0.15) is 0 Å². The van der Waals surface area contributed by atoms with Crippen LogP contribution in [0.15, 0.2) is 16.6 Å². The van der Waals surface area contributed by atoms with E-state index in [1.165, 1.54) is 6.07 Å². The summed E-state index contributed by atoms with van der Waals surface area (Å²) in [6.07, 6.45) is 0.